The number of aliphatic carboxylic acids is 1. The van der Waals surface area contributed by atoms with Gasteiger partial charge in [0.1, 0.15) is 5.82 Å². The number of carboxylic acids is 1. The molecule has 0 radical (unpaired) electrons. The number of carboxylic acid groups (broad SMARTS) is 1. The third-order valence-corrected chi connectivity index (χ3v) is 6.23. The van der Waals surface area contributed by atoms with E-state index in [0.717, 1.165) is 51.3 Å². The van der Waals surface area contributed by atoms with E-state index in [4.69, 9.17) is 16.7 Å². The van der Waals surface area contributed by atoms with Crippen molar-refractivity contribution in [3.05, 3.63) is 28.9 Å². The van der Waals surface area contributed by atoms with E-state index in [9.17, 15) is 9.59 Å². The van der Waals surface area contributed by atoms with Crippen molar-refractivity contribution >= 4 is 35.4 Å². The highest BCUT2D eigenvalue weighted by Crippen LogP contribution is 2.31. The van der Waals surface area contributed by atoms with Crippen molar-refractivity contribution in [1.82, 2.24) is 14.8 Å². The zero-order valence-corrected chi connectivity index (χ0v) is 18.4. The fourth-order valence-corrected chi connectivity index (χ4v) is 4.69. The number of carbonyl (C=O) groups excluding carboxylic acids is 1. The molecular weight excluding hydrogens is 404 g/mol. The van der Waals surface area contributed by atoms with E-state index in [1.165, 1.54) is 6.08 Å². The summed E-state index contributed by atoms with van der Waals surface area (Å²) >= 11 is 6.30. The van der Waals surface area contributed by atoms with Gasteiger partial charge in [0.2, 0.25) is 5.91 Å². The minimum atomic E-state index is -1.02. The Bertz CT molecular complexity index is 791. The molecule has 0 spiro atoms. The Balaban J connectivity index is 1.50. The maximum atomic E-state index is 13.0. The van der Waals surface area contributed by atoms with Crippen molar-refractivity contribution in [1.29, 1.82) is 0 Å². The average molecular weight is 435 g/mol. The van der Waals surface area contributed by atoms with Crippen LogP contribution in [-0.2, 0) is 9.59 Å². The Morgan fingerprint density at radius 3 is 2.67 bits per heavy atom. The van der Waals surface area contributed by atoms with Crippen molar-refractivity contribution in [3.8, 4) is 0 Å². The third kappa shape index (κ3) is 6.19. The normalized spacial score (nSPS) is 24.5. The summed E-state index contributed by atoms with van der Waals surface area (Å²) in [6.45, 7) is 2.52. The monoisotopic (exact) mass is 434 g/mol. The maximum absolute atomic E-state index is 13.0. The van der Waals surface area contributed by atoms with Crippen molar-refractivity contribution in [3.63, 3.8) is 0 Å². The van der Waals surface area contributed by atoms with Gasteiger partial charge >= 0.3 is 5.97 Å². The van der Waals surface area contributed by atoms with Crippen LogP contribution in [0, 0.1) is 11.8 Å². The van der Waals surface area contributed by atoms with Crippen LogP contribution in [0.2, 0.25) is 5.02 Å². The number of anilines is 1. The molecule has 7 nitrogen and oxygen atoms in total. The second kappa shape index (κ2) is 10.3. The molecule has 1 saturated heterocycles. The summed E-state index contributed by atoms with van der Waals surface area (Å²) in [5, 5.41) is 12.5. The van der Waals surface area contributed by atoms with E-state index in [0.29, 0.717) is 28.9 Å². The average Bonchev–Trinajstić information content (AvgIpc) is 3.16. The second-order valence-electron chi connectivity index (χ2n) is 8.66. The van der Waals surface area contributed by atoms with Crippen LogP contribution >= 0.6 is 11.6 Å². The van der Waals surface area contributed by atoms with Gasteiger partial charge < -0.3 is 20.2 Å². The molecule has 1 amide bonds. The van der Waals surface area contributed by atoms with Gasteiger partial charge in [0.15, 0.2) is 0 Å². The molecule has 164 valence electrons. The summed E-state index contributed by atoms with van der Waals surface area (Å²) in [4.78, 5) is 32.1. The first-order chi connectivity index (χ1) is 14.3. The van der Waals surface area contributed by atoms with Crippen LogP contribution in [0.25, 0.3) is 6.08 Å². The van der Waals surface area contributed by atoms with Crippen molar-refractivity contribution in [2.75, 3.05) is 39.0 Å². The SMILES string of the molecule is CN(C)CC1CCC(C(=O)N2CC[C@@H](Nc3ncc(C=CC(=O)O)cc3Cl)C2)CC1. The number of pyridine rings is 1. The van der Waals surface area contributed by atoms with Crippen molar-refractivity contribution in [2.45, 2.75) is 38.1 Å². The molecule has 1 aromatic rings. The Morgan fingerprint density at radius 2 is 2.03 bits per heavy atom. The molecule has 2 fully saturated rings. The van der Waals surface area contributed by atoms with Gasteiger partial charge in [0, 0.05) is 43.9 Å². The van der Waals surface area contributed by atoms with E-state index in [1.54, 1.807) is 12.3 Å². The number of aromatic nitrogens is 1. The first-order valence-corrected chi connectivity index (χ1v) is 11.0. The number of carbonyl (C=O) groups is 2. The number of hydrogen-bond donors (Lipinski definition) is 2. The van der Waals surface area contributed by atoms with Crippen LogP contribution in [0.5, 0.6) is 0 Å². The van der Waals surface area contributed by atoms with Gasteiger partial charge in [-0.2, -0.15) is 0 Å². The first-order valence-electron chi connectivity index (χ1n) is 10.6. The van der Waals surface area contributed by atoms with E-state index < -0.39 is 5.97 Å². The lowest BCUT2D eigenvalue weighted by Crippen LogP contribution is -2.38. The lowest BCUT2D eigenvalue weighted by molar-refractivity contribution is -0.136. The van der Waals surface area contributed by atoms with Crippen LogP contribution in [-0.4, -0.2) is 71.5 Å². The summed E-state index contributed by atoms with van der Waals surface area (Å²) in [5.74, 6) is 0.696. The Kier molecular flexibility index (Phi) is 7.72. The molecule has 8 heteroatoms. The molecule has 2 aliphatic rings. The summed E-state index contributed by atoms with van der Waals surface area (Å²) in [6, 6.07) is 1.80. The van der Waals surface area contributed by atoms with Crippen molar-refractivity contribution in [2.24, 2.45) is 11.8 Å². The molecule has 3 rings (SSSR count). The number of halogens is 1. The molecule has 30 heavy (non-hydrogen) atoms. The number of hydrogen-bond acceptors (Lipinski definition) is 5. The van der Waals surface area contributed by atoms with Crippen LogP contribution in [0.15, 0.2) is 18.3 Å². The third-order valence-electron chi connectivity index (χ3n) is 5.94. The maximum Gasteiger partial charge on any atom is 0.328 e. The number of nitrogens with zero attached hydrogens (tertiary/aromatic N) is 3. The highest BCUT2D eigenvalue weighted by Gasteiger charge is 2.33. The standard InChI is InChI=1S/C22H31ClN4O3/c1-26(2)13-15-3-6-17(7-4-15)22(30)27-10-9-18(14-27)25-21-19(23)11-16(12-24-21)5-8-20(28)29/h5,8,11-12,15,17-18H,3-4,6-7,9-10,13-14H2,1-2H3,(H,24,25)(H,28,29)/t15?,17?,18-/m1/s1. The topological polar surface area (TPSA) is 85.8 Å². The van der Waals surface area contributed by atoms with Crippen molar-refractivity contribution < 1.29 is 14.7 Å². The van der Waals surface area contributed by atoms with Crippen LogP contribution in [0.3, 0.4) is 0 Å². The molecule has 1 aliphatic carbocycles. The molecule has 2 heterocycles. The van der Waals surface area contributed by atoms with Gasteiger partial charge in [-0.05, 0) is 69.8 Å². The van der Waals surface area contributed by atoms with Gasteiger partial charge in [-0.3, -0.25) is 4.79 Å². The molecule has 2 N–H and O–H groups in total. The van der Waals surface area contributed by atoms with E-state index in [1.807, 2.05) is 4.90 Å². The molecular formula is C22H31ClN4O3. The summed E-state index contributed by atoms with van der Waals surface area (Å²) in [6.07, 6.45) is 9.19. The molecule has 1 saturated carbocycles. The molecule has 0 aromatic carbocycles. The number of amides is 1. The zero-order valence-electron chi connectivity index (χ0n) is 17.7. The predicted molar refractivity (Wildman–Crippen MR) is 119 cm³/mol. The zero-order chi connectivity index (χ0) is 21.7. The van der Waals surface area contributed by atoms with Gasteiger partial charge in [-0.25, -0.2) is 9.78 Å². The summed E-state index contributed by atoms with van der Waals surface area (Å²) < 4.78 is 0. The van der Waals surface area contributed by atoms with E-state index in [2.05, 4.69) is 29.3 Å². The Hall–Kier alpha value is -2.12. The van der Waals surface area contributed by atoms with E-state index in [-0.39, 0.29) is 17.9 Å². The highest BCUT2D eigenvalue weighted by atomic mass is 35.5. The van der Waals surface area contributed by atoms with Gasteiger partial charge in [0.25, 0.3) is 0 Å². The van der Waals surface area contributed by atoms with Crippen LogP contribution in [0.1, 0.15) is 37.7 Å². The fourth-order valence-electron chi connectivity index (χ4n) is 4.46. The van der Waals surface area contributed by atoms with Crippen LogP contribution in [0.4, 0.5) is 5.82 Å². The largest absolute Gasteiger partial charge is 0.478 e. The summed E-state index contributed by atoms with van der Waals surface area (Å²) in [5.41, 5.74) is 0.626. The van der Waals surface area contributed by atoms with Gasteiger partial charge in [-0.1, -0.05) is 11.6 Å². The minimum absolute atomic E-state index is 0.115. The molecule has 1 aliphatic heterocycles. The smallest absolute Gasteiger partial charge is 0.328 e. The molecule has 0 unspecified atom stereocenters. The Labute approximate surface area is 183 Å². The number of rotatable bonds is 7. The number of nitrogens with one attached hydrogen (secondary N) is 1. The molecule has 1 atom stereocenters. The predicted octanol–water partition coefficient (Wildman–Crippen LogP) is 3.21. The Morgan fingerprint density at radius 1 is 1.30 bits per heavy atom. The lowest BCUT2D eigenvalue weighted by Gasteiger charge is -2.31. The lowest BCUT2D eigenvalue weighted by atomic mass is 9.81. The highest BCUT2D eigenvalue weighted by molar-refractivity contribution is 6.33. The minimum Gasteiger partial charge on any atom is -0.478 e. The summed E-state index contributed by atoms with van der Waals surface area (Å²) in [7, 11) is 4.21. The van der Waals surface area contributed by atoms with Crippen LogP contribution < -0.4 is 5.32 Å². The van der Waals surface area contributed by atoms with Gasteiger partial charge in [0.05, 0.1) is 5.02 Å². The fraction of sp³-hybridized carbons (Fsp3) is 0.591. The number of likely N-dealkylation sites (tertiary alicyclic amines) is 1. The first kappa shape index (κ1) is 22.6. The second-order valence-corrected chi connectivity index (χ2v) is 9.07. The quantitative estimate of drug-likeness (QED) is 0.641. The van der Waals surface area contributed by atoms with E-state index >= 15 is 0 Å². The van der Waals surface area contributed by atoms with Gasteiger partial charge in [-0.15, -0.1) is 0 Å². The molecule has 0 bridgehead atoms. The molecule has 1 aromatic heterocycles.